The summed E-state index contributed by atoms with van der Waals surface area (Å²) in [5.74, 6) is 0. The zero-order valence-electron chi connectivity index (χ0n) is 11.7. The first kappa shape index (κ1) is 15.4. The van der Waals surface area contributed by atoms with E-state index >= 15 is 0 Å². The fraction of sp³-hybridized carbons (Fsp3) is 0.429. The molecule has 2 aromatic rings. The summed E-state index contributed by atoms with van der Waals surface area (Å²) >= 11 is 0. The topological polar surface area (TPSA) is 30.7 Å². The Hall–Kier alpha value is -1.64. The van der Waals surface area contributed by atoms with Gasteiger partial charge in [-0.05, 0) is 31.5 Å². The third-order valence-electron chi connectivity index (χ3n) is 1.84. The summed E-state index contributed by atoms with van der Waals surface area (Å²) < 4.78 is 0. The fourth-order valence-corrected chi connectivity index (χ4v) is 1.22. The van der Waals surface area contributed by atoms with Crippen LogP contribution in [0.2, 0.25) is 0 Å². The third-order valence-corrected chi connectivity index (χ3v) is 1.84. The quantitative estimate of drug-likeness (QED) is 0.747. The lowest BCUT2D eigenvalue weighted by atomic mass is 10.2. The predicted octanol–water partition coefficient (Wildman–Crippen LogP) is 3.94. The second-order valence-corrected chi connectivity index (χ2v) is 3.11. The van der Waals surface area contributed by atoms with Gasteiger partial charge in [0, 0.05) is 0 Å². The van der Waals surface area contributed by atoms with E-state index in [1.165, 1.54) is 5.56 Å². The molecule has 0 unspecified atom stereocenters. The van der Waals surface area contributed by atoms with Gasteiger partial charge in [0.1, 0.15) is 0 Å². The van der Waals surface area contributed by atoms with Crippen molar-refractivity contribution >= 4 is 0 Å². The second kappa shape index (κ2) is 8.50. The van der Waals surface area contributed by atoms with E-state index in [2.05, 4.69) is 29.3 Å². The summed E-state index contributed by atoms with van der Waals surface area (Å²) in [7, 11) is 0. The van der Waals surface area contributed by atoms with Crippen molar-refractivity contribution in [2.75, 3.05) is 0 Å². The molecule has 0 saturated carbocycles. The molecular formula is C14H23N3. The Bertz CT molecular complexity index is 419. The highest BCUT2D eigenvalue weighted by Gasteiger charge is 1.98. The molecular weight excluding hydrogens is 210 g/mol. The molecule has 17 heavy (non-hydrogen) atoms. The summed E-state index contributed by atoms with van der Waals surface area (Å²) in [5, 5.41) is 8.36. The summed E-state index contributed by atoms with van der Waals surface area (Å²) in [4.78, 5) is 1.64. The maximum atomic E-state index is 4.23. The molecule has 0 bridgehead atoms. The first-order valence-electron chi connectivity index (χ1n) is 6.22. The second-order valence-electron chi connectivity index (χ2n) is 3.11. The fourth-order valence-electron chi connectivity index (χ4n) is 1.22. The smallest absolute Gasteiger partial charge is 0.0859 e. The van der Waals surface area contributed by atoms with Crippen molar-refractivity contribution < 1.29 is 0 Å². The molecule has 0 aliphatic rings. The highest BCUT2D eigenvalue weighted by atomic mass is 15.5. The molecule has 3 nitrogen and oxygen atoms in total. The Morgan fingerprint density at radius 2 is 1.65 bits per heavy atom. The van der Waals surface area contributed by atoms with Crippen molar-refractivity contribution in [3.63, 3.8) is 0 Å². The van der Waals surface area contributed by atoms with Crippen molar-refractivity contribution in [2.24, 2.45) is 0 Å². The zero-order chi connectivity index (χ0) is 13.3. The average molecular weight is 233 g/mol. The number of benzene rings is 1. The van der Waals surface area contributed by atoms with Crippen LogP contribution in [0.25, 0.3) is 5.69 Å². The Morgan fingerprint density at radius 3 is 2.12 bits per heavy atom. The van der Waals surface area contributed by atoms with Crippen LogP contribution in [-0.2, 0) is 0 Å². The van der Waals surface area contributed by atoms with Crippen LogP contribution in [0.3, 0.4) is 0 Å². The molecule has 94 valence electrons. The maximum absolute atomic E-state index is 4.23. The van der Waals surface area contributed by atoms with Gasteiger partial charge in [0.2, 0.25) is 0 Å². The van der Waals surface area contributed by atoms with Crippen LogP contribution < -0.4 is 0 Å². The van der Waals surface area contributed by atoms with Crippen LogP contribution in [0.4, 0.5) is 0 Å². The Labute approximate surface area is 104 Å². The minimum atomic E-state index is 0.932. The minimum absolute atomic E-state index is 0.932. The molecule has 0 aliphatic carbocycles. The highest BCUT2D eigenvalue weighted by molar-refractivity contribution is 5.33. The van der Waals surface area contributed by atoms with Crippen molar-refractivity contribution in [1.29, 1.82) is 0 Å². The average Bonchev–Trinajstić information content (AvgIpc) is 2.81. The normalized spacial score (nSPS) is 8.59. The van der Waals surface area contributed by atoms with E-state index in [-0.39, 0.29) is 0 Å². The molecule has 3 heteroatoms. The van der Waals surface area contributed by atoms with Crippen LogP contribution >= 0.6 is 0 Å². The largest absolute Gasteiger partial charge is 0.157 e. The standard InChI is InChI=1S/C10H11N3.2C2H6/c1-8-4-3-5-10(6-8)13-11-7-9(2)12-13;2*1-2/h3-7H,1-2H3;2*1-2H3. The number of hydrogen-bond acceptors (Lipinski definition) is 2. The van der Waals surface area contributed by atoms with Gasteiger partial charge in [-0.1, -0.05) is 39.8 Å². The number of hydrogen-bond donors (Lipinski definition) is 0. The number of nitrogens with zero attached hydrogens (tertiary/aromatic N) is 3. The lowest BCUT2D eigenvalue weighted by Gasteiger charge is -1.99. The maximum Gasteiger partial charge on any atom is 0.0859 e. The molecule has 0 saturated heterocycles. The lowest BCUT2D eigenvalue weighted by molar-refractivity contribution is 0.745. The van der Waals surface area contributed by atoms with Gasteiger partial charge in [0.25, 0.3) is 0 Å². The van der Waals surface area contributed by atoms with E-state index < -0.39 is 0 Å². The van der Waals surface area contributed by atoms with Gasteiger partial charge in [-0.3, -0.25) is 0 Å². The lowest BCUT2D eigenvalue weighted by Crippen LogP contribution is -1.98. The molecule has 0 spiro atoms. The Balaban J connectivity index is 0.000000581. The van der Waals surface area contributed by atoms with Crippen LogP contribution in [-0.4, -0.2) is 15.0 Å². The van der Waals surface area contributed by atoms with Gasteiger partial charge in [-0.15, -0.1) is 0 Å². The van der Waals surface area contributed by atoms with Crippen LogP contribution in [0, 0.1) is 13.8 Å². The van der Waals surface area contributed by atoms with Gasteiger partial charge in [0.05, 0.1) is 17.6 Å². The molecule has 0 N–H and O–H groups in total. The van der Waals surface area contributed by atoms with Crippen molar-refractivity contribution in [1.82, 2.24) is 15.0 Å². The summed E-state index contributed by atoms with van der Waals surface area (Å²) in [5.41, 5.74) is 3.15. The monoisotopic (exact) mass is 233 g/mol. The van der Waals surface area contributed by atoms with Crippen molar-refractivity contribution in [2.45, 2.75) is 41.5 Å². The summed E-state index contributed by atoms with van der Waals surface area (Å²) in [6, 6.07) is 8.11. The van der Waals surface area contributed by atoms with Crippen LogP contribution in [0.15, 0.2) is 30.5 Å². The molecule has 0 radical (unpaired) electrons. The van der Waals surface area contributed by atoms with Gasteiger partial charge in [-0.2, -0.15) is 15.0 Å². The number of aromatic nitrogens is 3. The third kappa shape index (κ3) is 4.81. The Kier molecular flexibility index (Phi) is 7.68. The number of aryl methyl sites for hydroxylation is 2. The molecule has 2 rings (SSSR count). The van der Waals surface area contributed by atoms with E-state index in [0.29, 0.717) is 0 Å². The van der Waals surface area contributed by atoms with E-state index in [0.717, 1.165) is 11.4 Å². The molecule has 1 heterocycles. The summed E-state index contributed by atoms with van der Waals surface area (Å²) in [6.45, 7) is 12.0. The van der Waals surface area contributed by atoms with Crippen molar-refractivity contribution in [3.05, 3.63) is 41.7 Å². The van der Waals surface area contributed by atoms with Crippen LogP contribution in [0.5, 0.6) is 0 Å². The van der Waals surface area contributed by atoms with E-state index in [1.807, 2.05) is 46.8 Å². The predicted molar refractivity (Wildman–Crippen MR) is 73.5 cm³/mol. The molecule has 0 amide bonds. The van der Waals surface area contributed by atoms with E-state index in [9.17, 15) is 0 Å². The van der Waals surface area contributed by atoms with Crippen molar-refractivity contribution in [3.8, 4) is 5.69 Å². The molecule has 1 aromatic heterocycles. The molecule has 0 aliphatic heterocycles. The van der Waals surface area contributed by atoms with Gasteiger partial charge in [-0.25, -0.2) is 0 Å². The highest BCUT2D eigenvalue weighted by Crippen LogP contribution is 2.07. The van der Waals surface area contributed by atoms with E-state index in [1.54, 1.807) is 11.0 Å². The molecule has 0 fully saturated rings. The first-order chi connectivity index (χ1) is 8.25. The van der Waals surface area contributed by atoms with Gasteiger partial charge >= 0.3 is 0 Å². The summed E-state index contributed by atoms with van der Waals surface area (Å²) in [6.07, 6.45) is 1.75. The molecule has 0 atom stereocenters. The molecule has 1 aromatic carbocycles. The SMILES string of the molecule is CC.CC.Cc1cccc(-n2ncc(C)n2)c1. The zero-order valence-corrected chi connectivity index (χ0v) is 11.7. The van der Waals surface area contributed by atoms with Crippen LogP contribution in [0.1, 0.15) is 39.0 Å². The number of rotatable bonds is 1. The Morgan fingerprint density at radius 1 is 1.00 bits per heavy atom. The minimum Gasteiger partial charge on any atom is -0.157 e. The van der Waals surface area contributed by atoms with Gasteiger partial charge < -0.3 is 0 Å². The first-order valence-corrected chi connectivity index (χ1v) is 6.22. The van der Waals surface area contributed by atoms with Gasteiger partial charge in [0.15, 0.2) is 0 Å². The van der Waals surface area contributed by atoms with E-state index in [4.69, 9.17) is 0 Å².